The summed E-state index contributed by atoms with van der Waals surface area (Å²) in [5, 5.41) is 16.2. The van der Waals surface area contributed by atoms with Crippen LogP contribution in [0.1, 0.15) is 16.9 Å². The van der Waals surface area contributed by atoms with Crippen LogP contribution in [0.15, 0.2) is 30.3 Å². The lowest BCUT2D eigenvalue weighted by molar-refractivity contribution is 0.0776. The average Bonchev–Trinajstić information content (AvgIpc) is 3.23. The van der Waals surface area contributed by atoms with Gasteiger partial charge in [-0.1, -0.05) is 12.1 Å². The molecule has 1 saturated heterocycles. The van der Waals surface area contributed by atoms with E-state index in [-0.39, 0.29) is 18.4 Å². The number of aliphatic hydroxyl groups is 1. The molecule has 1 atom stereocenters. The van der Waals surface area contributed by atoms with Gasteiger partial charge in [-0.2, -0.15) is 5.10 Å². The molecule has 116 valence electrons. The summed E-state index contributed by atoms with van der Waals surface area (Å²) < 4.78 is 5.32. The van der Waals surface area contributed by atoms with Gasteiger partial charge in [0, 0.05) is 31.2 Å². The van der Waals surface area contributed by atoms with Gasteiger partial charge < -0.3 is 14.7 Å². The lowest BCUT2D eigenvalue weighted by Crippen LogP contribution is -2.29. The van der Waals surface area contributed by atoms with Crippen LogP contribution in [-0.4, -0.2) is 52.9 Å². The SMILES string of the molecule is COc1ccccc1-c1cc(C(=O)N2CCC(CO)C2)[nH]n1. The van der Waals surface area contributed by atoms with Crippen molar-refractivity contribution in [3.63, 3.8) is 0 Å². The van der Waals surface area contributed by atoms with Crippen molar-refractivity contribution in [1.29, 1.82) is 0 Å². The standard InChI is InChI=1S/C16H19N3O3/c1-22-15-5-3-2-4-12(15)13-8-14(18-17-13)16(21)19-7-6-11(9-19)10-20/h2-5,8,11,20H,6-7,9-10H2,1H3,(H,17,18). The van der Waals surface area contributed by atoms with Crippen LogP contribution >= 0.6 is 0 Å². The Morgan fingerprint density at radius 3 is 3.05 bits per heavy atom. The molecule has 1 fully saturated rings. The zero-order valence-electron chi connectivity index (χ0n) is 12.5. The molecule has 1 amide bonds. The third-order valence-corrected chi connectivity index (χ3v) is 4.02. The van der Waals surface area contributed by atoms with E-state index in [1.165, 1.54) is 0 Å². The van der Waals surface area contributed by atoms with Gasteiger partial charge in [-0.05, 0) is 24.6 Å². The number of nitrogens with zero attached hydrogens (tertiary/aromatic N) is 2. The van der Waals surface area contributed by atoms with E-state index in [2.05, 4.69) is 10.2 Å². The van der Waals surface area contributed by atoms with Gasteiger partial charge in [0.1, 0.15) is 11.4 Å². The highest BCUT2D eigenvalue weighted by Crippen LogP contribution is 2.28. The van der Waals surface area contributed by atoms with E-state index in [0.717, 1.165) is 17.7 Å². The Labute approximate surface area is 128 Å². The van der Waals surface area contributed by atoms with Crippen LogP contribution in [0.4, 0.5) is 0 Å². The molecule has 2 N–H and O–H groups in total. The topological polar surface area (TPSA) is 78.5 Å². The van der Waals surface area contributed by atoms with E-state index in [0.29, 0.717) is 24.5 Å². The zero-order chi connectivity index (χ0) is 15.5. The number of carbonyl (C=O) groups is 1. The minimum absolute atomic E-state index is 0.0791. The Balaban J connectivity index is 1.80. The van der Waals surface area contributed by atoms with Gasteiger partial charge in [-0.3, -0.25) is 9.89 Å². The predicted octanol–water partition coefficient (Wildman–Crippen LogP) is 1.54. The summed E-state index contributed by atoms with van der Waals surface area (Å²) in [5.74, 6) is 0.819. The van der Waals surface area contributed by atoms with Gasteiger partial charge in [0.2, 0.25) is 0 Å². The molecule has 1 unspecified atom stereocenters. The summed E-state index contributed by atoms with van der Waals surface area (Å²) in [6, 6.07) is 9.30. The fourth-order valence-corrected chi connectivity index (χ4v) is 2.76. The number of ether oxygens (including phenoxy) is 1. The average molecular weight is 301 g/mol. The number of hydrogen-bond donors (Lipinski definition) is 2. The highest BCUT2D eigenvalue weighted by Gasteiger charge is 2.27. The summed E-state index contributed by atoms with van der Waals surface area (Å²) in [7, 11) is 1.61. The van der Waals surface area contributed by atoms with Crippen molar-refractivity contribution < 1.29 is 14.6 Å². The van der Waals surface area contributed by atoms with E-state index in [1.54, 1.807) is 18.1 Å². The Morgan fingerprint density at radius 2 is 2.32 bits per heavy atom. The van der Waals surface area contributed by atoms with Gasteiger partial charge in [0.25, 0.3) is 5.91 Å². The second-order valence-corrected chi connectivity index (χ2v) is 5.46. The molecular formula is C16H19N3O3. The molecule has 1 aliphatic rings. The molecule has 6 nitrogen and oxygen atoms in total. The fraction of sp³-hybridized carbons (Fsp3) is 0.375. The number of amides is 1. The maximum atomic E-state index is 12.4. The molecule has 1 aromatic heterocycles. The quantitative estimate of drug-likeness (QED) is 0.898. The lowest BCUT2D eigenvalue weighted by Gasteiger charge is -2.14. The second-order valence-electron chi connectivity index (χ2n) is 5.46. The number of rotatable bonds is 4. The molecule has 1 aliphatic heterocycles. The Morgan fingerprint density at radius 1 is 1.50 bits per heavy atom. The monoisotopic (exact) mass is 301 g/mol. The number of nitrogens with one attached hydrogen (secondary N) is 1. The van der Waals surface area contributed by atoms with Gasteiger partial charge >= 0.3 is 0 Å². The molecule has 3 rings (SSSR count). The van der Waals surface area contributed by atoms with Crippen molar-refractivity contribution >= 4 is 5.91 Å². The summed E-state index contributed by atoms with van der Waals surface area (Å²) in [6.45, 7) is 1.39. The van der Waals surface area contributed by atoms with Crippen molar-refractivity contribution in [2.75, 3.05) is 26.8 Å². The van der Waals surface area contributed by atoms with Crippen molar-refractivity contribution in [3.8, 4) is 17.0 Å². The molecule has 2 aromatic rings. The molecular weight excluding hydrogens is 282 g/mol. The third-order valence-electron chi connectivity index (χ3n) is 4.02. The number of para-hydroxylation sites is 1. The lowest BCUT2D eigenvalue weighted by atomic mass is 10.1. The van der Waals surface area contributed by atoms with Crippen LogP contribution in [0.3, 0.4) is 0 Å². The van der Waals surface area contributed by atoms with Crippen molar-refractivity contribution in [1.82, 2.24) is 15.1 Å². The zero-order valence-corrected chi connectivity index (χ0v) is 12.5. The number of benzene rings is 1. The highest BCUT2D eigenvalue weighted by molar-refractivity contribution is 5.93. The molecule has 0 radical (unpaired) electrons. The van der Waals surface area contributed by atoms with E-state index in [1.807, 2.05) is 24.3 Å². The number of aliphatic hydroxyl groups excluding tert-OH is 1. The molecule has 0 bridgehead atoms. The third kappa shape index (κ3) is 2.69. The number of aromatic nitrogens is 2. The van der Waals surface area contributed by atoms with Gasteiger partial charge in [-0.15, -0.1) is 0 Å². The minimum atomic E-state index is -0.0791. The summed E-state index contributed by atoms with van der Waals surface area (Å²) in [5.41, 5.74) is 1.98. The molecule has 0 spiro atoms. The van der Waals surface area contributed by atoms with Crippen LogP contribution < -0.4 is 4.74 Å². The highest BCUT2D eigenvalue weighted by atomic mass is 16.5. The largest absolute Gasteiger partial charge is 0.496 e. The first-order valence-corrected chi connectivity index (χ1v) is 7.32. The van der Waals surface area contributed by atoms with Crippen LogP contribution in [0.25, 0.3) is 11.3 Å². The van der Waals surface area contributed by atoms with Crippen molar-refractivity contribution in [2.24, 2.45) is 5.92 Å². The maximum Gasteiger partial charge on any atom is 0.271 e. The van der Waals surface area contributed by atoms with E-state index in [4.69, 9.17) is 4.74 Å². The molecule has 22 heavy (non-hydrogen) atoms. The number of likely N-dealkylation sites (tertiary alicyclic amines) is 1. The maximum absolute atomic E-state index is 12.4. The summed E-state index contributed by atoms with van der Waals surface area (Å²) >= 11 is 0. The fourth-order valence-electron chi connectivity index (χ4n) is 2.76. The Kier molecular flexibility index (Phi) is 4.11. The van der Waals surface area contributed by atoms with Crippen LogP contribution in [0, 0.1) is 5.92 Å². The number of hydrogen-bond acceptors (Lipinski definition) is 4. The molecule has 0 aliphatic carbocycles. The van der Waals surface area contributed by atoms with E-state index in [9.17, 15) is 9.90 Å². The van der Waals surface area contributed by atoms with Gasteiger partial charge in [0.05, 0.1) is 12.8 Å². The van der Waals surface area contributed by atoms with Crippen LogP contribution in [-0.2, 0) is 0 Å². The van der Waals surface area contributed by atoms with Gasteiger partial charge in [0.15, 0.2) is 0 Å². The molecule has 6 heteroatoms. The van der Waals surface area contributed by atoms with Gasteiger partial charge in [-0.25, -0.2) is 0 Å². The van der Waals surface area contributed by atoms with Crippen molar-refractivity contribution in [2.45, 2.75) is 6.42 Å². The second kappa shape index (κ2) is 6.19. The van der Waals surface area contributed by atoms with E-state index >= 15 is 0 Å². The Bertz CT molecular complexity index is 668. The first-order valence-electron chi connectivity index (χ1n) is 7.32. The number of methoxy groups -OCH3 is 1. The van der Waals surface area contributed by atoms with Crippen LogP contribution in [0.2, 0.25) is 0 Å². The van der Waals surface area contributed by atoms with Crippen molar-refractivity contribution in [3.05, 3.63) is 36.0 Å². The molecule has 1 aromatic carbocycles. The number of aromatic amines is 1. The smallest absolute Gasteiger partial charge is 0.271 e. The normalized spacial score (nSPS) is 17.7. The first kappa shape index (κ1) is 14.6. The number of carbonyl (C=O) groups excluding carboxylic acids is 1. The minimum Gasteiger partial charge on any atom is -0.496 e. The summed E-state index contributed by atoms with van der Waals surface area (Å²) in [4.78, 5) is 14.2. The Hall–Kier alpha value is -2.34. The first-order chi connectivity index (χ1) is 10.7. The predicted molar refractivity (Wildman–Crippen MR) is 81.7 cm³/mol. The van der Waals surface area contributed by atoms with Crippen LogP contribution in [0.5, 0.6) is 5.75 Å². The summed E-state index contributed by atoms with van der Waals surface area (Å²) in [6.07, 6.45) is 0.843. The number of H-pyrrole nitrogens is 1. The van der Waals surface area contributed by atoms with E-state index < -0.39 is 0 Å². The molecule has 0 saturated carbocycles. The molecule has 2 heterocycles.